The molecule has 0 saturated carbocycles. The number of ether oxygens (including phenoxy) is 1. The fraction of sp³-hybridized carbons (Fsp3) is 0.857. The van der Waals surface area contributed by atoms with Crippen molar-refractivity contribution in [1.82, 2.24) is 10.2 Å². The van der Waals surface area contributed by atoms with Gasteiger partial charge in [-0.3, -0.25) is 14.5 Å². The topological polar surface area (TPSA) is 58.6 Å². The van der Waals surface area contributed by atoms with E-state index in [-0.39, 0.29) is 23.5 Å². The van der Waals surface area contributed by atoms with Gasteiger partial charge in [0.25, 0.3) is 0 Å². The van der Waals surface area contributed by atoms with Crippen molar-refractivity contribution < 1.29 is 14.3 Å². The van der Waals surface area contributed by atoms with Crippen LogP contribution in [0.15, 0.2) is 0 Å². The molecule has 1 N–H and O–H groups in total. The quantitative estimate of drug-likeness (QED) is 0.783. The van der Waals surface area contributed by atoms with Crippen LogP contribution in [0.3, 0.4) is 0 Å². The van der Waals surface area contributed by atoms with E-state index in [2.05, 4.69) is 10.2 Å². The molecule has 1 amide bonds. The van der Waals surface area contributed by atoms with Crippen molar-refractivity contribution in [2.45, 2.75) is 58.0 Å². The molecule has 0 aliphatic carbocycles. The first kappa shape index (κ1) is 16.0. The maximum atomic E-state index is 12.0. The van der Waals surface area contributed by atoms with E-state index in [9.17, 15) is 9.59 Å². The Bertz CT molecular complexity index is 323. The van der Waals surface area contributed by atoms with Gasteiger partial charge in [0.15, 0.2) is 0 Å². The number of hydrogen-bond acceptors (Lipinski definition) is 4. The van der Waals surface area contributed by atoms with Crippen LogP contribution in [0.1, 0.15) is 46.5 Å². The fourth-order valence-electron chi connectivity index (χ4n) is 2.42. The summed E-state index contributed by atoms with van der Waals surface area (Å²) in [5.41, 5.74) is -0.218. The summed E-state index contributed by atoms with van der Waals surface area (Å²) in [6.07, 6.45) is 3.52. The van der Waals surface area contributed by atoms with Gasteiger partial charge in [-0.2, -0.15) is 0 Å². The summed E-state index contributed by atoms with van der Waals surface area (Å²) >= 11 is 0. The normalized spacial score (nSPS) is 20.9. The van der Waals surface area contributed by atoms with Gasteiger partial charge in [-0.25, -0.2) is 0 Å². The van der Waals surface area contributed by atoms with Gasteiger partial charge in [0.1, 0.15) is 0 Å². The Labute approximate surface area is 115 Å². The van der Waals surface area contributed by atoms with Gasteiger partial charge in [-0.1, -0.05) is 6.42 Å². The molecule has 5 heteroatoms. The molecule has 1 heterocycles. The summed E-state index contributed by atoms with van der Waals surface area (Å²) in [5, 5.41) is 2.96. The molecule has 1 saturated heterocycles. The van der Waals surface area contributed by atoms with Crippen LogP contribution in [0.4, 0.5) is 0 Å². The average molecular weight is 270 g/mol. The van der Waals surface area contributed by atoms with Crippen molar-refractivity contribution in [2.24, 2.45) is 0 Å². The van der Waals surface area contributed by atoms with Crippen molar-refractivity contribution >= 4 is 11.9 Å². The number of likely N-dealkylation sites (tertiary alicyclic amines) is 1. The van der Waals surface area contributed by atoms with E-state index in [1.807, 2.05) is 20.8 Å². The lowest BCUT2D eigenvalue weighted by atomic mass is 9.99. The Hall–Kier alpha value is -1.10. The minimum Gasteiger partial charge on any atom is -0.469 e. The van der Waals surface area contributed by atoms with Crippen molar-refractivity contribution in [1.29, 1.82) is 0 Å². The lowest BCUT2D eigenvalue weighted by Crippen LogP contribution is -2.50. The van der Waals surface area contributed by atoms with Crippen LogP contribution < -0.4 is 5.32 Å². The minimum absolute atomic E-state index is 0.0178. The molecule has 0 bridgehead atoms. The van der Waals surface area contributed by atoms with Crippen molar-refractivity contribution in [3.05, 3.63) is 0 Å². The maximum absolute atomic E-state index is 12.0. The largest absolute Gasteiger partial charge is 0.469 e. The van der Waals surface area contributed by atoms with E-state index in [0.29, 0.717) is 13.0 Å². The number of piperidine rings is 1. The third-order valence-electron chi connectivity index (χ3n) is 3.24. The molecule has 19 heavy (non-hydrogen) atoms. The Morgan fingerprint density at radius 2 is 2.00 bits per heavy atom. The molecule has 1 aliphatic heterocycles. The zero-order valence-corrected chi connectivity index (χ0v) is 12.5. The standard InChI is InChI=1S/C14H26N2O3/c1-14(2,3)15-12(17)10-16-8-6-5-7-11(16)9-13(18)19-4/h11H,5-10H2,1-4H3,(H,15,17). The molecule has 5 nitrogen and oxygen atoms in total. The highest BCUT2D eigenvalue weighted by Crippen LogP contribution is 2.19. The van der Waals surface area contributed by atoms with Gasteiger partial charge in [0.05, 0.1) is 20.1 Å². The molecular formula is C14H26N2O3. The van der Waals surface area contributed by atoms with Crippen LogP contribution in [0.5, 0.6) is 0 Å². The van der Waals surface area contributed by atoms with E-state index in [4.69, 9.17) is 4.74 Å². The zero-order chi connectivity index (χ0) is 14.5. The Morgan fingerprint density at radius 3 is 2.58 bits per heavy atom. The molecule has 1 rings (SSSR count). The molecule has 1 fully saturated rings. The third-order valence-corrected chi connectivity index (χ3v) is 3.24. The molecular weight excluding hydrogens is 244 g/mol. The molecule has 0 aromatic heterocycles. The lowest BCUT2D eigenvalue weighted by molar-refractivity contribution is -0.143. The van der Waals surface area contributed by atoms with E-state index in [0.717, 1.165) is 25.8 Å². The highest BCUT2D eigenvalue weighted by atomic mass is 16.5. The first-order valence-electron chi connectivity index (χ1n) is 6.93. The smallest absolute Gasteiger partial charge is 0.307 e. The van der Waals surface area contributed by atoms with Gasteiger partial charge >= 0.3 is 5.97 Å². The van der Waals surface area contributed by atoms with Gasteiger partial charge < -0.3 is 10.1 Å². The van der Waals surface area contributed by atoms with Gasteiger partial charge in [-0.05, 0) is 40.2 Å². The number of hydrogen-bond donors (Lipinski definition) is 1. The second-order valence-corrected chi connectivity index (χ2v) is 6.20. The molecule has 0 spiro atoms. The Kier molecular flexibility index (Phi) is 5.79. The molecule has 0 aromatic rings. The number of methoxy groups -OCH3 is 1. The molecule has 0 radical (unpaired) electrons. The van der Waals surface area contributed by atoms with Crippen LogP contribution in [0.2, 0.25) is 0 Å². The van der Waals surface area contributed by atoms with Crippen LogP contribution in [-0.4, -0.2) is 48.6 Å². The number of carbonyl (C=O) groups is 2. The number of rotatable bonds is 4. The highest BCUT2D eigenvalue weighted by molar-refractivity contribution is 5.79. The summed E-state index contributed by atoms with van der Waals surface area (Å²) in [4.78, 5) is 25.4. The van der Waals surface area contributed by atoms with E-state index >= 15 is 0 Å². The number of carbonyl (C=O) groups excluding carboxylic acids is 2. The molecule has 1 atom stereocenters. The SMILES string of the molecule is COC(=O)CC1CCCCN1CC(=O)NC(C)(C)C. The number of nitrogens with zero attached hydrogens (tertiary/aromatic N) is 1. The molecule has 1 aliphatic rings. The van der Waals surface area contributed by atoms with Gasteiger partial charge in [-0.15, -0.1) is 0 Å². The zero-order valence-electron chi connectivity index (χ0n) is 12.5. The molecule has 110 valence electrons. The number of esters is 1. The number of nitrogens with one attached hydrogen (secondary N) is 1. The minimum atomic E-state index is -0.218. The van der Waals surface area contributed by atoms with Crippen molar-refractivity contribution in [3.63, 3.8) is 0 Å². The summed E-state index contributed by atoms with van der Waals surface area (Å²) in [6, 6.07) is 0.131. The fourth-order valence-corrected chi connectivity index (χ4v) is 2.42. The first-order valence-corrected chi connectivity index (χ1v) is 6.93. The maximum Gasteiger partial charge on any atom is 0.307 e. The average Bonchev–Trinajstić information content (AvgIpc) is 2.29. The molecule has 0 aromatic carbocycles. The van der Waals surface area contributed by atoms with E-state index < -0.39 is 0 Å². The van der Waals surface area contributed by atoms with Gasteiger partial charge in [0, 0.05) is 11.6 Å². The van der Waals surface area contributed by atoms with Crippen LogP contribution >= 0.6 is 0 Å². The molecule has 1 unspecified atom stereocenters. The van der Waals surface area contributed by atoms with Crippen molar-refractivity contribution in [3.8, 4) is 0 Å². The third kappa shape index (κ3) is 6.05. The number of amides is 1. The predicted octanol–water partition coefficient (Wildman–Crippen LogP) is 1.32. The monoisotopic (exact) mass is 270 g/mol. The van der Waals surface area contributed by atoms with E-state index in [1.54, 1.807) is 0 Å². The van der Waals surface area contributed by atoms with Gasteiger partial charge in [0.2, 0.25) is 5.91 Å². The van der Waals surface area contributed by atoms with Crippen molar-refractivity contribution in [2.75, 3.05) is 20.2 Å². The lowest BCUT2D eigenvalue weighted by Gasteiger charge is -2.35. The predicted molar refractivity (Wildman–Crippen MR) is 73.7 cm³/mol. The first-order chi connectivity index (χ1) is 8.81. The highest BCUT2D eigenvalue weighted by Gasteiger charge is 2.27. The Morgan fingerprint density at radius 1 is 1.32 bits per heavy atom. The van der Waals surface area contributed by atoms with E-state index in [1.165, 1.54) is 7.11 Å². The van der Waals surface area contributed by atoms with Crippen LogP contribution in [-0.2, 0) is 14.3 Å². The summed E-state index contributed by atoms with van der Waals surface area (Å²) < 4.78 is 4.72. The second-order valence-electron chi connectivity index (χ2n) is 6.20. The van der Waals surface area contributed by atoms with Crippen LogP contribution in [0, 0.1) is 0 Å². The summed E-state index contributed by atoms with van der Waals surface area (Å²) in [5.74, 6) is -0.183. The summed E-state index contributed by atoms with van der Waals surface area (Å²) in [7, 11) is 1.40. The van der Waals surface area contributed by atoms with Crippen LogP contribution in [0.25, 0.3) is 0 Å². The second kappa shape index (κ2) is 6.89. The summed E-state index contributed by atoms with van der Waals surface area (Å²) in [6.45, 7) is 7.13. The Balaban J connectivity index is 2.52.